The highest BCUT2D eigenvalue weighted by molar-refractivity contribution is 6.04. The summed E-state index contributed by atoms with van der Waals surface area (Å²) in [5.41, 5.74) is 8.05. The van der Waals surface area contributed by atoms with Gasteiger partial charge in [-0.1, -0.05) is 24.3 Å². The van der Waals surface area contributed by atoms with Crippen LogP contribution in [0.2, 0.25) is 0 Å². The van der Waals surface area contributed by atoms with E-state index in [2.05, 4.69) is 31.4 Å². The highest BCUT2D eigenvalue weighted by atomic mass is 19.4. The Bertz CT molecular complexity index is 1470. The molecule has 3 aromatic rings. The van der Waals surface area contributed by atoms with E-state index in [-0.39, 0.29) is 23.6 Å². The number of hydrazine groups is 1. The van der Waals surface area contributed by atoms with Crippen molar-refractivity contribution >= 4 is 29.1 Å². The van der Waals surface area contributed by atoms with Crippen LogP contribution in [0.15, 0.2) is 60.7 Å². The molecular weight excluding hydrogens is 535 g/mol. The van der Waals surface area contributed by atoms with Crippen LogP contribution in [0, 0.1) is 0 Å². The van der Waals surface area contributed by atoms with Crippen LogP contribution in [0.4, 0.5) is 35.2 Å². The van der Waals surface area contributed by atoms with Gasteiger partial charge in [-0.3, -0.25) is 9.69 Å². The highest BCUT2D eigenvalue weighted by Gasteiger charge is 2.40. The van der Waals surface area contributed by atoms with Gasteiger partial charge in [-0.15, -0.1) is 0 Å². The molecule has 41 heavy (non-hydrogen) atoms. The van der Waals surface area contributed by atoms with Gasteiger partial charge in [0, 0.05) is 37.3 Å². The van der Waals surface area contributed by atoms with Gasteiger partial charge >= 0.3 is 12.2 Å². The summed E-state index contributed by atoms with van der Waals surface area (Å²) in [5.74, 6) is 0.390. The van der Waals surface area contributed by atoms with Gasteiger partial charge in [-0.25, -0.2) is 20.6 Å². The third-order valence-electron chi connectivity index (χ3n) is 7.76. The van der Waals surface area contributed by atoms with Crippen LogP contribution in [0.25, 0.3) is 11.3 Å². The standard InChI is InChI=1S/C29H30F3N7O2/c1-28(36-37-28)13-11-25(40)33-16-18-5-7-21(8-6-18)34-27(41)39-22-12-14-38(17-22)24-10-9-23(35-26(24)39)19-3-2-4-20(15-19)29(30,31)32/h2-10,15,22,36-37H,11-14,16-17H2,1H3,(H,33,40)(H,34,41)/t22-/m0/s1. The summed E-state index contributed by atoms with van der Waals surface area (Å²) >= 11 is 0. The number of nitrogens with one attached hydrogen (secondary N) is 4. The van der Waals surface area contributed by atoms with Crippen LogP contribution in [0.1, 0.15) is 37.3 Å². The zero-order chi connectivity index (χ0) is 28.8. The molecule has 3 aliphatic rings. The number of carbonyl (C=O) groups is 2. The van der Waals surface area contributed by atoms with Crippen molar-refractivity contribution in [2.45, 2.75) is 50.6 Å². The molecule has 3 aliphatic heterocycles. The number of nitrogens with zero attached hydrogens (tertiary/aromatic N) is 3. The minimum absolute atomic E-state index is 0.0366. The average Bonchev–Trinajstić information content (AvgIpc) is 3.56. The fraction of sp³-hybridized carbons (Fsp3) is 0.345. The second-order valence-electron chi connectivity index (χ2n) is 10.9. The van der Waals surface area contributed by atoms with Crippen LogP contribution in [-0.2, 0) is 17.5 Å². The summed E-state index contributed by atoms with van der Waals surface area (Å²) < 4.78 is 39.9. The zero-order valence-electron chi connectivity index (χ0n) is 22.4. The Labute approximate surface area is 235 Å². The summed E-state index contributed by atoms with van der Waals surface area (Å²) in [5, 5.41) is 5.84. The lowest BCUT2D eigenvalue weighted by molar-refractivity contribution is -0.137. The molecule has 9 nitrogen and oxygen atoms in total. The van der Waals surface area contributed by atoms with Crippen molar-refractivity contribution in [2.75, 3.05) is 28.2 Å². The SMILES string of the molecule is CC1(CCC(=O)NCc2ccc(NC(=O)N3c4nc(-c5cccc(C(F)(F)F)c5)ccc4N4CC[C@H]3C4)cc2)NN1. The van der Waals surface area contributed by atoms with Gasteiger partial charge in [0.1, 0.15) is 0 Å². The molecule has 6 rings (SSSR count). The number of amides is 3. The smallest absolute Gasteiger partial charge is 0.366 e. The number of pyridine rings is 1. The summed E-state index contributed by atoms with van der Waals surface area (Å²) in [6.45, 7) is 3.79. The van der Waals surface area contributed by atoms with E-state index in [9.17, 15) is 22.8 Å². The number of hydrogen-bond acceptors (Lipinski definition) is 6. The maximum Gasteiger partial charge on any atom is 0.416 e. The number of rotatable bonds is 7. The minimum Gasteiger partial charge on any atom is -0.366 e. The molecule has 2 bridgehead atoms. The predicted octanol–water partition coefficient (Wildman–Crippen LogP) is 4.62. The van der Waals surface area contributed by atoms with E-state index < -0.39 is 11.7 Å². The number of benzene rings is 2. The Morgan fingerprint density at radius 2 is 1.88 bits per heavy atom. The molecule has 12 heteroatoms. The van der Waals surface area contributed by atoms with E-state index in [0.29, 0.717) is 48.7 Å². The largest absolute Gasteiger partial charge is 0.416 e. The molecule has 2 aromatic carbocycles. The second-order valence-corrected chi connectivity index (χ2v) is 10.9. The monoisotopic (exact) mass is 565 g/mol. The Morgan fingerprint density at radius 1 is 1.10 bits per heavy atom. The van der Waals surface area contributed by atoms with Gasteiger partial charge in [0.2, 0.25) is 5.91 Å². The van der Waals surface area contributed by atoms with Crippen LogP contribution in [-0.4, -0.2) is 41.7 Å². The first-order valence-corrected chi connectivity index (χ1v) is 13.5. The molecule has 1 aromatic heterocycles. The number of urea groups is 1. The van der Waals surface area contributed by atoms with E-state index in [4.69, 9.17) is 0 Å². The van der Waals surface area contributed by atoms with Crippen LogP contribution >= 0.6 is 0 Å². The second kappa shape index (κ2) is 10.3. The van der Waals surface area contributed by atoms with Crippen molar-refractivity contribution in [3.05, 3.63) is 71.8 Å². The molecule has 0 aliphatic carbocycles. The maximum atomic E-state index is 13.5. The minimum atomic E-state index is -4.47. The molecule has 1 atom stereocenters. The third-order valence-corrected chi connectivity index (χ3v) is 7.76. The van der Waals surface area contributed by atoms with E-state index in [0.717, 1.165) is 36.3 Å². The number of carbonyl (C=O) groups excluding carboxylic acids is 2. The normalized spacial score (nSPS) is 18.6. The fourth-order valence-electron chi connectivity index (χ4n) is 5.26. The summed E-state index contributed by atoms with van der Waals surface area (Å²) in [7, 11) is 0. The maximum absolute atomic E-state index is 13.5. The average molecular weight is 566 g/mol. The number of anilines is 3. The molecule has 2 saturated heterocycles. The Hall–Kier alpha value is -4.16. The van der Waals surface area contributed by atoms with Crippen molar-refractivity contribution in [1.82, 2.24) is 21.2 Å². The lowest BCUT2D eigenvalue weighted by atomic mass is 10.1. The molecule has 0 saturated carbocycles. The first-order valence-electron chi connectivity index (χ1n) is 13.5. The van der Waals surface area contributed by atoms with Gasteiger partial charge in [0.05, 0.1) is 28.6 Å². The van der Waals surface area contributed by atoms with Crippen LogP contribution < -0.4 is 31.3 Å². The molecule has 2 fully saturated rings. The molecular formula is C29H30F3N7O2. The van der Waals surface area contributed by atoms with Crippen LogP contribution in [0.3, 0.4) is 0 Å². The fourth-order valence-corrected chi connectivity index (χ4v) is 5.26. The van der Waals surface area contributed by atoms with E-state index >= 15 is 0 Å². The van der Waals surface area contributed by atoms with Crippen molar-refractivity contribution in [3.8, 4) is 11.3 Å². The molecule has 0 radical (unpaired) electrons. The quantitative estimate of drug-likeness (QED) is 0.310. The van der Waals surface area contributed by atoms with Gasteiger partial charge in [-0.2, -0.15) is 13.2 Å². The number of halogens is 3. The Morgan fingerprint density at radius 3 is 2.61 bits per heavy atom. The van der Waals surface area contributed by atoms with Crippen molar-refractivity contribution in [1.29, 1.82) is 0 Å². The molecule has 0 unspecified atom stereocenters. The van der Waals surface area contributed by atoms with E-state index in [1.54, 1.807) is 29.2 Å². The van der Waals surface area contributed by atoms with Crippen LogP contribution in [0.5, 0.6) is 0 Å². The number of aromatic nitrogens is 1. The molecule has 4 N–H and O–H groups in total. The predicted molar refractivity (Wildman–Crippen MR) is 149 cm³/mol. The molecule has 214 valence electrons. The summed E-state index contributed by atoms with van der Waals surface area (Å²) in [6, 6.07) is 15.3. The first kappa shape index (κ1) is 27.0. The van der Waals surface area contributed by atoms with Crippen molar-refractivity contribution < 1.29 is 22.8 Å². The van der Waals surface area contributed by atoms with Gasteiger partial charge < -0.3 is 15.5 Å². The van der Waals surface area contributed by atoms with Gasteiger partial charge in [0.25, 0.3) is 0 Å². The molecule has 0 spiro atoms. The summed E-state index contributed by atoms with van der Waals surface area (Å²) in [6.07, 6.45) is -2.61. The van der Waals surface area contributed by atoms with Crippen molar-refractivity contribution in [2.24, 2.45) is 0 Å². The summed E-state index contributed by atoms with van der Waals surface area (Å²) in [4.78, 5) is 34.1. The topological polar surface area (TPSA) is 121 Å². The Balaban J connectivity index is 1.15. The third kappa shape index (κ3) is 5.84. The molecule has 3 amide bonds. The van der Waals surface area contributed by atoms with E-state index in [1.807, 2.05) is 25.1 Å². The van der Waals surface area contributed by atoms with Gasteiger partial charge in [0.15, 0.2) is 5.82 Å². The number of fused-ring (bicyclic) bond motifs is 4. The van der Waals surface area contributed by atoms with Gasteiger partial charge in [-0.05, 0) is 61.7 Å². The Kier molecular flexibility index (Phi) is 6.82. The number of hydrogen-bond donors (Lipinski definition) is 4. The number of alkyl halides is 3. The highest BCUT2D eigenvalue weighted by Crippen LogP contribution is 2.41. The first-order chi connectivity index (χ1) is 19.6. The lowest BCUT2D eigenvalue weighted by Crippen LogP contribution is -2.48. The zero-order valence-corrected chi connectivity index (χ0v) is 22.4. The van der Waals surface area contributed by atoms with E-state index in [1.165, 1.54) is 6.07 Å². The lowest BCUT2D eigenvalue weighted by Gasteiger charge is -2.36. The van der Waals surface area contributed by atoms with Crippen molar-refractivity contribution in [3.63, 3.8) is 0 Å². The molecule has 4 heterocycles.